The molecule has 0 bridgehead atoms. The number of aromatic nitrogens is 1. The molecule has 1 aromatic rings. The van der Waals surface area contributed by atoms with Crippen LogP contribution in [-0.4, -0.2) is 23.2 Å². The quantitative estimate of drug-likeness (QED) is 0.750. The highest BCUT2D eigenvalue weighted by Gasteiger charge is 2.12. The smallest absolute Gasteiger partial charge is 0.134 e. The Morgan fingerprint density at radius 3 is 2.93 bits per heavy atom. The van der Waals surface area contributed by atoms with E-state index in [9.17, 15) is 5.11 Å². The lowest BCUT2D eigenvalue weighted by Crippen LogP contribution is -2.25. The van der Waals surface area contributed by atoms with Crippen molar-refractivity contribution in [1.29, 1.82) is 0 Å². The third kappa shape index (κ3) is 2.80. The van der Waals surface area contributed by atoms with Gasteiger partial charge in [0.05, 0.1) is 6.10 Å². The van der Waals surface area contributed by atoms with Gasteiger partial charge in [-0.2, -0.15) is 0 Å². The summed E-state index contributed by atoms with van der Waals surface area (Å²) in [5, 5.41) is 9.62. The molecule has 0 aliphatic carbocycles. The number of likely N-dealkylation sites (N-methyl/N-ethyl adjacent to an activating group) is 1. The molecule has 0 saturated heterocycles. The fraction of sp³-hybridized carbons (Fsp3) is 0.417. The first kappa shape index (κ1) is 11.7. The zero-order valence-electron chi connectivity index (χ0n) is 9.35. The summed E-state index contributed by atoms with van der Waals surface area (Å²) in [6, 6.07) is 3.74. The number of anilines is 1. The van der Waals surface area contributed by atoms with Crippen molar-refractivity contribution < 1.29 is 5.11 Å². The van der Waals surface area contributed by atoms with E-state index in [2.05, 4.69) is 23.4 Å². The molecule has 1 aromatic heterocycles. The number of nitrogens with zero attached hydrogens (tertiary/aromatic N) is 2. The summed E-state index contributed by atoms with van der Waals surface area (Å²) in [5.41, 5.74) is 0.862. The summed E-state index contributed by atoms with van der Waals surface area (Å²) >= 11 is 0. The predicted octanol–water partition coefficient (Wildman–Crippen LogP) is 2.15. The van der Waals surface area contributed by atoms with Crippen LogP contribution in [0.4, 0.5) is 5.82 Å². The second-order valence-electron chi connectivity index (χ2n) is 3.42. The van der Waals surface area contributed by atoms with Crippen molar-refractivity contribution in [2.45, 2.75) is 20.0 Å². The number of aliphatic hydroxyl groups excluding tert-OH is 1. The van der Waals surface area contributed by atoms with Crippen LogP contribution in [0.25, 0.3) is 0 Å². The molecular formula is C12H18N2O. The summed E-state index contributed by atoms with van der Waals surface area (Å²) in [5.74, 6) is 0.843. The van der Waals surface area contributed by atoms with Crippen molar-refractivity contribution in [3.63, 3.8) is 0 Å². The molecule has 82 valence electrons. The minimum atomic E-state index is -0.493. The Kier molecular flexibility index (Phi) is 4.31. The molecule has 1 unspecified atom stereocenters. The highest BCUT2D eigenvalue weighted by atomic mass is 16.3. The molecule has 0 saturated carbocycles. The first-order valence-electron chi connectivity index (χ1n) is 5.19. The standard InChI is InChI=1S/C12H18N2O/c1-4-9-14(5-2)12-11(10(3)15)7-6-8-13-12/h4,6-8,10,15H,1,5,9H2,2-3H3. The summed E-state index contributed by atoms with van der Waals surface area (Å²) < 4.78 is 0. The van der Waals surface area contributed by atoms with Gasteiger partial charge >= 0.3 is 0 Å². The number of hydrogen-bond acceptors (Lipinski definition) is 3. The predicted molar refractivity (Wildman–Crippen MR) is 63.0 cm³/mol. The molecule has 0 aromatic carbocycles. The van der Waals surface area contributed by atoms with Crippen LogP contribution in [0, 0.1) is 0 Å². The lowest BCUT2D eigenvalue weighted by molar-refractivity contribution is 0.199. The molecule has 1 N–H and O–H groups in total. The lowest BCUT2D eigenvalue weighted by Gasteiger charge is -2.23. The van der Waals surface area contributed by atoms with Crippen molar-refractivity contribution in [1.82, 2.24) is 4.98 Å². The van der Waals surface area contributed by atoms with Gasteiger partial charge in [0.15, 0.2) is 0 Å². The first-order valence-corrected chi connectivity index (χ1v) is 5.19. The Morgan fingerprint density at radius 1 is 1.67 bits per heavy atom. The van der Waals surface area contributed by atoms with E-state index in [1.54, 1.807) is 13.1 Å². The summed E-state index contributed by atoms with van der Waals surface area (Å²) in [6.07, 6.45) is 3.09. The van der Waals surface area contributed by atoms with Crippen LogP contribution in [0.2, 0.25) is 0 Å². The summed E-state index contributed by atoms with van der Waals surface area (Å²) in [6.45, 7) is 9.12. The average Bonchev–Trinajstić information content (AvgIpc) is 2.26. The van der Waals surface area contributed by atoms with Crippen LogP contribution >= 0.6 is 0 Å². The zero-order chi connectivity index (χ0) is 11.3. The monoisotopic (exact) mass is 206 g/mol. The third-order valence-electron chi connectivity index (χ3n) is 2.30. The van der Waals surface area contributed by atoms with Gasteiger partial charge in [-0.1, -0.05) is 12.1 Å². The minimum Gasteiger partial charge on any atom is -0.389 e. The van der Waals surface area contributed by atoms with Crippen molar-refractivity contribution in [3.05, 3.63) is 36.5 Å². The van der Waals surface area contributed by atoms with Crippen LogP contribution < -0.4 is 4.90 Å². The van der Waals surface area contributed by atoms with Crippen molar-refractivity contribution in [3.8, 4) is 0 Å². The average molecular weight is 206 g/mol. The van der Waals surface area contributed by atoms with E-state index in [0.29, 0.717) is 0 Å². The van der Waals surface area contributed by atoms with Crippen molar-refractivity contribution in [2.24, 2.45) is 0 Å². The van der Waals surface area contributed by atoms with Crippen LogP contribution in [0.1, 0.15) is 25.5 Å². The molecule has 0 aliphatic rings. The zero-order valence-corrected chi connectivity index (χ0v) is 9.35. The molecule has 1 rings (SSSR count). The molecule has 15 heavy (non-hydrogen) atoms. The Bertz CT molecular complexity index is 323. The maximum atomic E-state index is 9.62. The van der Waals surface area contributed by atoms with E-state index in [-0.39, 0.29) is 0 Å². The molecule has 0 fully saturated rings. The molecule has 3 heteroatoms. The Balaban J connectivity index is 3.04. The van der Waals surface area contributed by atoms with Gasteiger partial charge in [0, 0.05) is 24.8 Å². The number of hydrogen-bond donors (Lipinski definition) is 1. The maximum Gasteiger partial charge on any atom is 0.134 e. The Morgan fingerprint density at radius 2 is 2.40 bits per heavy atom. The molecule has 0 aliphatic heterocycles. The first-order chi connectivity index (χ1) is 7.20. The molecule has 0 radical (unpaired) electrons. The van der Waals surface area contributed by atoms with E-state index >= 15 is 0 Å². The van der Waals surface area contributed by atoms with Gasteiger partial charge in [0.25, 0.3) is 0 Å². The van der Waals surface area contributed by atoms with Crippen molar-refractivity contribution in [2.75, 3.05) is 18.0 Å². The fourth-order valence-electron chi connectivity index (χ4n) is 1.52. The molecule has 0 amide bonds. The summed E-state index contributed by atoms with van der Waals surface area (Å²) in [7, 11) is 0. The summed E-state index contributed by atoms with van der Waals surface area (Å²) in [4.78, 5) is 6.39. The normalized spacial score (nSPS) is 12.2. The van der Waals surface area contributed by atoms with Crippen molar-refractivity contribution >= 4 is 5.82 Å². The topological polar surface area (TPSA) is 36.4 Å². The van der Waals surface area contributed by atoms with E-state index in [1.165, 1.54) is 0 Å². The molecule has 0 spiro atoms. The largest absolute Gasteiger partial charge is 0.389 e. The number of aliphatic hydroxyl groups is 1. The molecule has 3 nitrogen and oxygen atoms in total. The van der Waals surface area contributed by atoms with Crippen LogP contribution in [0.15, 0.2) is 31.0 Å². The molecule has 1 atom stereocenters. The van der Waals surface area contributed by atoms with Gasteiger partial charge in [-0.15, -0.1) is 6.58 Å². The highest BCUT2D eigenvalue weighted by Crippen LogP contribution is 2.23. The molecular weight excluding hydrogens is 188 g/mol. The molecule has 1 heterocycles. The van der Waals surface area contributed by atoms with Crippen LogP contribution in [-0.2, 0) is 0 Å². The highest BCUT2D eigenvalue weighted by molar-refractivity contribution is 5.48. The lowest BCUT2D eigenvalue weighted by atomic mass is 10.1. The number of rotatable bonds is 5. The van der Waals surface area contributed by atoms with E-state index in [1.807, 2.05) is 18.2 Å². The van der Waals surface area contributed by atoms with Gasteiger partial charge in [-0.25, -0.2) is 4.98 Å². The van der Waals surface area contributed by atoms with Crippen LogP contribution in [0.5, 0.6) is 0 Å². The second kappa shape index (κ2) is 5.51. The Hall–Kier alpha value is -1.35. The number of pyridine rings is 1. The van der Waals surface area contributed by atoms with Gasteiger partial charge in [-0.3, -0.25) is 0 Å². The fourth-order valence-corrected chi connectivity index (χ4v) is 1.52. The van der Waals surface area contributed by atoms with E-state index < -0.39 is 6.10 Å². The minimum absolute atomic E-state index is 0.493. The third-order valence-corrected chi connectivity index (χ3v) is 2.30. The van der Waals surface area contributed by atoms with Gasteiger partial charge in [0.1, 0.15) is 5.82 Å². The SMILES string of the molecule is C=CCN(CC)c1ncccc1C(C)O. The maximum absolute atomic E-state index is 9.62. The van der Waals surface area contributed by atoms with Crippen LogP contribution in [0.3, 0.4) is 0 Å². The van der Waals surface area contributed by atoms with E-state index in [0.717, 1.165) is 24.5 Å². The van der Waals surface area contributed by atoms with Gasteiger partial charge in [0.2, 0.25) is 0 Å². The Labute approximate surface area is 91.1 Å². The second-order valence-corrected chi connectivity index (χ2v) is 3.42. The van der Waals surface area contributed by atoms with Gasteiger partial charge < -0.3 is 10.0 Å². The van der Waals surface area contributed by atoms with E-state index in [4.69, 9.17) is 0 Å². The van der Waals surface area contributed by atoms with Gasteiger partial charge in [-0.05, 0) is 19.9 Å².